The molecule has 0 unspecified atom stereocenters. The minimum absolute atomic E-state index is 0.105. The van der Waals surface area contributed by atoms with Crippen molar-refractivity contribution in [3.05, 3.63) is 0 Å². The van der Waals surface area contributed by atoms with Crippen molar-refractivity contribution in [1.29, 1.82) is 0 Å². The van der Waals surface area contributed by atoms with E-state index in [0.29, 0.717) is 0 Å². The van der Waals surface area contributed by atoms with Crippen molar-refractivity contribution < 1.29 is 5.11 Å². The number of hydrogen-bond acceptors (Lipinski definition) is 4. The zero-order chi connectivity index (χ0) is 11.5. The van der Waals surface area contributed by atoms with E-state index in [2.05, 4.69) is 23.6 Å². The molecule has 0 aromatic heterocycles. The first-order chi connectivity index (χ1) is 6.87. The zero-order valence-corrected chi connectivity index (χ0v) is 10.2. The van der Waals surface area contributed by atoms with Crippen LogP contribution in [-0.2, 0) is 0 Å². The normalized spacial score (nSPS) is 23.0. The molecule has 0 aliphatic carbocycles. The monoisotopic (exact) mass is 215 g/mol. The molecule has 0 spiro atoms. The van der Waals surface area contributed by atoms with Crippen molar-refractivity contribution in [2.24, 2.45) is 5.73 Å². The molecule has 1 rings (SSSR count). The highest BCUT2D eigenvalue weighted by atomic mass is 16.3. The second kappa shape index (κ2) is 5.25. The Morgan fingerprint density at radius 2 is 1.67 bits per heavy atom. The van der Waals surface area contributed by atoms with Crippen molar-refractivity contribution in [3.8, 4) is 0 Å². The van der Waals surface area contributed by atoms with Crippen LogP contribution >= 0.6 is 0 Å². The van der Waals surface area contributed by atoms with Crippen molar-refractivity contribution in [3.63, 3.8) is 0 Å². The Kier molecular flexibility index (Phi) is 4.52. The van der Waals surface area contributed by atoms with E-state index in [1.54, 1.807) is 0 Å². The molecular formula is C11H25N3O. The molecule has 4 heteroatoms. The first kappa shape index (κ1) is 12.9. The van der Waals surface area contributed by atoms with Gasteiger partial charge in [-0.15, -0.1) is 0 Å². The minimum atomic E-state index is -0.220. The van der Waals surface area contributed by atoms with E-state index in [0.717, 1.165) is 39.3 Å². The van der Waals surface area contributed by atoms with Gasteiger partial charge in [0, 0.05) is 44.8 Å². The molecule has 0 amide bonds. The van der Waals surface area contributed by atoms with Crippen molar-refractivity contribution in [2.45, 2.75) is 32.4 Å². The zero-order valence-electron chi connectivity index (χ0n) is 10.2. The Morgan fingerprint density at radius 1 is 1.20 bits per heavy atom. The Hall–Kier alpha value is -0.160. The molecule has 0 aromatic carbocycles. The fraction of sp³-hybridized carbons (Fsp3) is 1.00. The number of piperazine rings is 1. The molecular weight excluding hydrogens is 190 g/mol. The number of nitrogens with zero attached hydrogens (tertiary/aromatic N) is 2. The lowest BCUT2D eigenvalue weighted by atomic mass is 10.1. The van der Waals surface area contributed by atoms with Gasteiger partial charge in [0.15, 0.2) is 0 Å². The maximum atomic E-state index is 9.28. The molecule has 1 aliphatic rings. The van der Waals surface area contributed by atoms with E-state index >= 15 is 0 Å². The third kappa shape index (κ3) is 5.47. The number of nitrogens with two attached hydrogens (primary N) is 1. The van der Waals surface area contributed by atoms with Gasteiger partial charge >= 0.3 is 0 Å². The predicted octanol–water partition coefficient (Wildman–Crippen LogP) is -0.278. The topological polar surface area (TPSA) is 52.7 Å². The lowest BCUT2D eigenvalue weighted by molar-refractivity contribution is 0.0738. The smallest absolute Gasteiger partial charge is 0.0639 e. The van der Waals surface area contributed by atoms with Crippen LogP contribution in [0.3, 0.4) is 0 Å². The Labute approximate surface area is 93.0 Å². The van der Waals surface area contributed by atoms with Crippen LogP contribution in [0.4, 0.5) is 0 Å². The standard InChI is InChI=1S/C11H25N3O/c1-10(15)8-13-4-6-14(7-5-13)9-11(2,3)12/h10,15H,4-9,12H2,1-3H3/t10-/m1/s1. The summed E-state index contributed by atoms with van der Waals surface area (Å²) in [5.41, 5.74) is 5.88. The summed E-state index contributed by atoms with van der Waals surface area (Å²) in [6.07, 6.45) is -0.220. The largest absolute Gasteiger partial charge is 0.392 e. The van der Waals surface area contributed by atoms with Gasteiger partial charge in [0.25, 0.3) is 0 Å². The molecule has 4 nitrogen and oxygen atoms in total. The molecule has 1 aliphatic heterocycles. The van der Waals surface area contributed by atoms with E-state index in [1.165, 1.54) is 0 Å². The van der Waals surface area contributed by atoms with Gasteiger partial charge in [0.1, 0.15) is 0 Å². The molecule has 0 saturated carbocycles. The van der Waals surface area contributed by atoms with Gasteiger partial charge in [0.05, 0.1) is 6.10 Å². The fourth-order valence-corrected chi connectivity index (χ4v) is 2.08. The van der Waals surface area contributed by atoms with Crippen molar-refractivity contribution in [1.82, 2.24) is 9.80 Å². The highest BCUT2D eigenvalue weighted by molar-refractivity contribution is 4.81. The van der Waals surface area contributed by atoms with Crippen LogP contribution in [0.15, 0.2) is 0 Å². The van der Waals surface area contributed by atoms with Gasteiger partial charge in [0.2, 0.25) is 0 Å². The average molecular weight is 215 g/mol. The highest BCUT2D eigenvalue weighted by Gasteiger charge is 2.21. The van der Waals surface area contributed by atoms with Crippen molar-refractivity contribution in [2.75, 3.05) is 39.3 Å². The highest BCUT2D eigenvalue weighted by Crippen LogP contribution is 2.07. The summed E-state index contributed by atoms with van der Waals surface area (Å²) >= 11 is 0. The second-order valence-electron chi connectivity index (χ2n) is 5.41. The number of aliphatic hydroxyl groups is 1. The number of rotatable bonds is 4. The average Bonchev–Trinajstić information content (AvgIpc) is 2.05. The van der Waals surface area contributed by atoms with Gasteiger partial charge in [-0.25, -0.2) is 0 Å². The van der Waals surface area contributed by atoms with E-state index < -0.39 is 0 Å². The first-order valence-corrected chi connectivity index (χ1v) is 5.78. The first-order valence-electron chi connectivity index (χ1n) is 5.78. The molecule has 1 fully saturated rings. The third-order valence-corrected chi connectivity index (χ3v) is 2.62. The Balaban J connectivity index is 2.24. The van der Waals surface area contributed by atoms with Crippen LogP contribution in [0.5, 0.6) is 0 Å². The van der Waals surface area contributed by atoms with E-state index in [1.807, 2.05) is 6.92 Å². The molecule has 3 N–H and O–H groups in total. The summed E-state index contributed by atoms with van der Waals surface area (Å²) in [6.45, 7) is 11.9. The van der Waals surface area contributed by atoms with Gasteiger partial charge in [-0.2, -0.15) is 0 Å². The predicted molar refractivity (Wildman–Crippen MR) is 62.8 cm³/mol. The summed E-state index contributed by atoms with van der Waals surface area (Å²) in [5, 5.41) is 9.28. The maximum absolute atomic E-state index is 9.28. The Bertz CT molecular complexity index is 181. The van der Waals surface area contributed by atoms with Gasteiger partial charge < -0.3 is 10.8 Å². The summed E-state index contributed by atoms with van der Waals surface area (Å²) in [6, 6.07) is 0. The van der Waals surface area contributed by atoms with Gasteiger partial charge in [-0.05, 0) is 20.8 Å². The maximum Gasteiger partial charge on any atom is 0.0639 e. The SMILES string of the molecule is C[C@@H](O)CN1CCN(CC(C)(C)N)CC1. The Morgan fingerprint density at radius 3 is 2.07 bits per heavy atom. The summed E-state index contributed by atoms with van der Waals surface area (Å²) < 4.78 is 0. The van der Waals surface area contributed by atoms with E-state index in [9.17, 15) is 5.11 Å². The quantitative estimate of drug-likeness (QED) is 0.677. The third-order valence-electron chi connectivity index (χ3n) is 2.62. The van der Waals surface area contributed by atoms with Gasteiger partial charge in [-0.1, -0.05) is 0 Å². The van der Waals surface area contributed by atoms with Crippen molar-refractivity contribution >= 4 is 0 Å². The molecule has 1 heterocycles. The molecule has 15 heavy (non-hydrogen) atoms. The molecule has 0 bridgehead atoms. The van der Waals surface area contributed by atoms with Crippen LogP contribution in [-0.4, -0.2) is 65.8 Å². The summed E-state index contributed by atoms with van der Waals surface area (Å²) in [5.74, 6) is 0. The van der Waals surface area contributed by atoms with Crippen LogP contribution < -0.4 is 5.73 Å². The lowest BCUT2D eigenvalue weighted by Gasteiger charge is -2.38. The molecule has 1 atom stereocenters. The molecule has 90 valence electrons. The lowest BCUT2D eigenvalue weighted by Crippen LogP contribution is -2.53. The van der Waals surface area contributed by atoms with Crippen LogP contribution in [0, 0.1) is 0 Å². The second-order valence-corrected chi connectivity index (χ2v) is 5.41. The number of hydrogen-bond donors (Lipinski definition) is 2. The van der Waals surface area contributed by atoms with E-state index in [4.69, 9.17) is 5.73 Å². The van der Waals surface area contributed by atoms with E-state index in [-0.39, 0.29) is 11.6 Å². The van der Waals surface area contributed by atoms with Crippen LogP contribution in [0.2, 0.25) is 0 Å². The summed E-state index contributed by atoms with van der Waals surface area (Å²) in [7, 11) is 0. The summed E-state index contributed by atoms with van der Waals surface area (Å²) in [4.78, 5) is 4.71. The molecule has 1 saturated heterocycles. The number of β-amino-alcohol motifs (C(OH)–C–C–N with tert-alkyl or cyclic N) is 1. The van der Waals surface area contributed by atoms with Gasteiger partial charge in [-0.3, -0.25) is 9.80 Å². The molecule has 0 aromatic rings. The van der Waals surface area contributed by atoms with Crippen LogP contribution in [0.1, 0.15) is 20.8 Å². The number of aliphatic hydroxyl groups excluding tert-OH is 1. The fourth-order valence-electron chi connectivity index (χ4n) is 2.08. The minimum Gasteiger partial charge on any atom is -0.392 e. The molecule has 0 radical (unpaired) electrons. The van der Waals surface area contributed by atoms with Crippen LogP contribution in [0.25, 0.3) is 0 Å².